The summed E-state index contributed by atoms with van der Waals surface area (Å²) in [4.78, 5) is 283. The lowest BCUT2D eigenvalue weighted by Crippen LogP contribution is -2.63. The van der Waals surface area contributed by atoms with Gasteiger partial charge in [0.15, 0.2) is 5.96 Å². The molecule has 0 heterocycles. The van der Waals surface area contributed by atoms with Crippen molar-refractivity contribution in [2.24, 2.45) is 69.7 Å². The van der Waals surface area contributed by atoms with Crippen LogP contribution in [0.5, 0.6) is 5.75 Å². The number of benzene rings is 1. The number of thiol groups is 2. The monoisotopic (exact) mass is 1840 g/mol. The van der Waals surface area contributed by atoms with Gasteiger partial charge in [-0.05, 0) is 86.3 Å². The minimum atomic E-state index is -1.98. The number of aliphatic hydroxyl groups is 2. The van der Waals surface area contributed by atoms with Crippen molar-refractivity contribution in [3.05, 3.63) is 29.8 Å². The lowest BCUT2D eigenvalue weighted by molar-refractivity contribution is -0.143. The highest BCUT2D eigenvalue weighted by molar-refractivity contribution is 7.80. The maximum atomic E-state index is 14.2. The number of primary amides is 5. The van der Waals surface area contributed by atoms with Gasteiger partial charge in [0.05, 0.1) is 44.4 Å². The van der Waals surface area contributed by atoms with Gasteiger partial charge in [-0.1, -0.05) is 87.8 Å². The Bertz CT molecular complexity index is 4050. The molecule has 1 aromatic carbocycles. The summed E-state index contributed by atoms with van der Waals surface area (Å²) in [5.74, 6) is -29.9. The Balaban J connectivity index is 3.43. The van der Waals surface area contributed by atoms with Gasteiger partial charge in [-0.25, -0.2) is 4.79 Å². The quantitative estimate of drug-likeness (QED) is 0.0125. The van der Waals surface area contributed by atoms with Gasteiger partial charge < -0.3 is 146 Å². The number of hydrogen-bond acceptors (Lipinski definition) is 28. The number of phenolic OH excluding ortho intramolecular Hbond substituents is 1. The number of carbonyl (C=O) groups is 21. The molecule has 51 heteroatoms. The third-order valence-corrected chi connectivity index (χ3v) is 19.9. The van der Waals surface area contributed by atoms with E-state index in [4.69, 9.17) is 45.5 Å². The number of guanidine groups is 1. The van der Waals surface area contributed by atoms with Gasteiger partial charge in [-0.15, -0.1) is 0 Å². The van der Waals surface area contributed by atoms with Crippen LogP contribution in [0.25, 0.3) is 0 Å². The Morgan fingerprint density at radius 3 is 1.05 bits per heavy atom. The fourth-order valence-electron chi connectivity index (χ4n) is 11.9. The number of nitrogens with one attached hydrogen (secondary N) is 17. The van der Waals surface area contributed by atoms with Crippen LogP contribution in [0, 0.1) is 35.0 Å². The molecule has 0 unspecified atom stereocenters. The zero-order chi connectivity index (χ0) is 97.3. The lowest BCUT2D eigenvalue weighted by Gasteiger charge is -2.30. The molecule has 0 aliphatic heterocycles. The van der Waals surface area contributed by atoms with Crippen LogP contribution in [0.4, 0.5) is 0 Å². The molecular formula is C76H126N24O25S2. The summed E-state index contributed by atoms with van der Waals surface area (Å²) in [5.41, 5.74) is 39.2. The van der Waals surface area contributed by atoms with Crippen LogP contribution in [0.3, 0.4) is 0 Å². The normalized spacial score (nSPS) is 15.4. The highest BCUT2D eigenvalue weighted by Gasteiger charge is 2.42. The van der Waals surface area contributed by atoms with Gasteiger partial charge in [-0.3, -0.25) is 101 Å². The summed E-state index contributed by atoms with van der Waals surface area (Å²) in [6.45, 7) is 14.9. The molecule has 0 saturated carbocycles. The largest absolute Gasteiger partial charge is 0.508 e. The van der Waals surface area contributed by atoms with E-state index >= 15 is 0 Å². The second-order valence-corrected chi connectivity index (χ2v) is 32.3. The van der Waals surface area contributed by atoms with E-state index in [1.165, 1.54) is 65.8 Å². The number of aliphatic carboxylic acids is 1. The average molecular weight is 1840 g/mol. The first-order valence-corrected chi connectivity index (χ1v) is 41.7. The van der Waals surface area contributed by atoms with E-state index in [0.717, 1.165) is 6.92 Å². The maximum absolute atomic E-state index is 14.2. The summed E-state index contributed by atoms with van der Waals surface area (Å²) in [5, 5.41) is 85.2. The van der Waals surface area contributed by atoms with Gasteiger partial charge in [0.25, 0.3) is 0 Å². The molecule has 0 aliphatic rings. The molecule has 1 aromatic rings. The fraction of sp³-hybridized carbons (Fsp3) is 0.632. The van der Waals surface area contributed by atoms with Crippen molar-refractivity contribution in [3.63, 3.8) is 0 Å². The van der Waals surface area contributed by atoms with E-state index in [1.54, 1.807) is 27.7 Å². The zero-order valence-corrected chi connectivity index (χ0v) is 74.2. The van der Waals surface area contributed by atoms with Crippen molar-refractivity contribution in [2.75, 3.05) is 24.7 Å². The highest BCUT2D eigenvalue weighted by Crippen LogP contribution is 2.17. The first-order chi connectivity index (χ1) is 59.1. The molecule has 49 nitrogen and oxygen atoms in total. The number of rotatable bonds is 59. The molecule has 0 bridgehead atoms. The predicted molar refractivity (Wildman–Crippen MR) is 459 cm³/mol. The van der Waals surface area contributed by atoms with Gasteiger partial charge in [0.2, 0.25) is 118 Å². The molecule has 0 fully saturated rings. The standard InChI is InChI=1S/C76H126N24O25S2/c1-12-35(10)58(73(122)87-41(75(124)125)14-13-21-85-76(83)84)99-66(115)46(27-54(82)108)92-72(121)57(34(8)9)98-69(118)49(30-127)95-64(113)44(25-52(80)106)90-70(119)55(32(4)5)96-65(114)45(26-53(81)107)91-71(120)56(33(6)7)97-67(116)47(28-101)93-68(117)48(29-126)94-63(112)43(24-51(79)105)88-62(111)42(22-31(2)3)89-74(123)59(36(11)102)100-61(110)40(19-20-50(78)104)86-60(109)39(77)23-37-15-17-38(103)18-16-37/h15-18,31-36,39-49,55-59,101-103,126-127H,12-14,19-30,77H2,1-11H3,(H2,78,104)(H2,79,105)(H2,80,106)(H2,81,107)(H2,82,108)(H,86,109)(H,87,122)(H,88,111)(H,89,123)(H,90,119)(H,91,120)(H,92,121)(H,93,117)(H,94,112)(H,95,113)(H,96,114)(H,97,116)(H,98,118)(H,99,115)(H,100,110)(H,124,125)(H4,83,84,85)/t35-,36+,39-,40-,41-,42-,43-,44-,45-,46-,47-,48-,49-,55-,56-,57-,58-,59-/m0/s1. The molecule has 20 amide bonds. The van der Waals surface area contributed by atoms with Crippen LogP contribution in [0.1, 0.15) is 146 Å². The second kappa shape index (κ2) is 56.0. The van der Waals surface area contributed by atoms with Crippen molar-refractivity contribution in [2.45, 2.75) is 250 Å². The lowest BCUT2D eigenvalue weighted by atomic mass is 9.96. The average Bonchev–Trinajstić information content (AvgIpc) is 0.847. The summed E-state index contributed by atoms with van der Waals surface area (Å²) in [6.07, 6.45) is -6.40. The number of carboxylic acid groups (broad SMARTS) is 1. The van der Waals surface area contributed by atoms with Crippen LogP contribution in [0.15, 0.2) is 24.3 Å². The number of nitrogens with two attached hydrogens (primary N) is 7. The Morgan fingerprint density at radius 2 is 0.693 bits per heavy atom. The number of carboxylic acids is 1. The van der Waals surface area contributed by atoms with Crippen LogP contribution in [-0.2, 0) is 107 Å². The van der Waals surface area contributed by atoms with Crippen molar-refractivity contribution < 1.29 is 121 Å². The minimum absolute atomic E-state index is 0.0597. The number of phenols is 1. The molecule has 712 valence electrons. The highest BCUT2D eigenvalue weighted by atomic mass is 32.1. The Labute approximate surface area is 743 Å². The third-order valence-electron chi connectivity index (χ3n) is 19.2. The van der Waals surface area contributed by atoms with Crippen LogP contribution in [0.2, 0.25) is 0 Å². The van der Waals surface area contributed by atoms with Crippen molar-refractivity contribution in [1.29, 1.82) is 5.41 Å². The van der Waals surface area contributed by atoms with Gasteiger partial charge in [0.1, 0.15) is 96.4 Å². The third kappa shape index (κ3) is 41.2. The van der Waals surface area contributed by atoms with E-state index in [0.29, 0.717) is 5.56 Å². The van der Waals surface area contributed by atoms with E-state index in [-0.39, 0.29) is 50.4 Å². The molecule has 0 radical (unpaired) electrons. The van der Waals surface area contributed by atoms with Crippen molar-refractivity contribution in [1.82, 2.24) is 85.1 Å². The Morgan fingerprint density at radius 1 is 0.386 bits per heavy atom. The number of amides is 20. The molecule has 127 heavy (non-hydrogen) atoms. The summed E-state index contributed by atoms with van der Waals surface area (Å²) < 4.78 is 0. The van der Waals surface area contributed by atoms with Gasteiger partial charge >= 0.3 is 5.97 Å². The minimum Gasteiger partial charge on any atom is -0.508 e. The number of hydrogen-bond donors (Lipinski definition) is 30. The van der Waals surface area contributed by atoms with Crippen LogP contribution in [-0.4, -0.2) is 278 Å². The Kier molecular flexibility index (Phi) is 49.7. The predicted octanol–water partition coefficient (Wildman–Crippen LogP) is -11.1. The van der Waals surface area contributed by atoms with E-state index < -0.39 is 313 Å². The maximum Gasteiger partial charge on any atom is 0.326 e. The number of aliphatic hydroxyl groups excluding tert-OH is 2. The van der Waals surface area contributed by atoms with Crippen molar-refractivity contribution >= 4 is 155 Å². The summed E-state index contributed by atoms with van der Waals surface area (Å²) in [7, 11) is 0. The van der Waals surface area contributed by atoms with E-state index in [9.17, 15) is 121 Å². The first kappa shape index (κ1) is 113. The Hall–Kier alpha value is -12.3. The van der Waals surface area contributed by atoms with E-state index in [1.807, 2.05) is 0 Å². The number of carbonyl (C=O) groups excluding carboxylic acids is 20. The smallest absolute Gasteiger partial charge is 0.326 e. The van der Waals surface area contributed by atoms with Crippen LogP contribution >= 0.6 is 25.3 Å². The molecule has 35 N–H and O–H groups in total. The van der Waals surface area contributed by atoms with Crippen molar-refractivity contribution in [3.8, 4) is 5.75 Å². The van der Waals surface area contributed by atoms with Gasteiger partial charge in [0, 0.05) is 24.5 Å². The molecule has 0 aliphatic carbocycles. The van der Waals surface area contributed by atoms with E-state index in [2.05, 4.69) is 110 Å². The molecule has 0 spiro atoms. The summed E-state index contributed by atoms with van der Waals surface area (Å²) >= 11 is 8.29. The molecule has 18 atom stereocenters. The van der Waals surface area contributed by atoms with Gasteiger partial charge in [-0.2, -0.15) is 25.3 Å². The second-order valence-electron chi connectivity index (χ2n) is 31.6. The first-order valence-electron chi connectivity index (χ1n) is 40.5. The summed E-state index contributed by atoms with van der Waals surface area (Å²) in [6, 6.07) is -21.8. The fourth-order valence-corrected chi connectivity index (χ4v) is 12.4. The van der Waals surface area contributed by atoms with Crippen LogP contribution < -0.4 is 125 Å². The molecular weight excluding hydrogens is 1710 g/mol. The molecule has 0 saturated heterocycles. The number of aromatic hydroxyl groups is 1. The topological polar surface area (TPSA) is 838 Å². The zero-order valence-electron chi connectivity index (χ0n) is 72.4. The molecule has 1 rings (SSSR count). The molecule has 0 aromatic heterocycles. The SMILES string of the molecule is CC[C@H](C)[C@H](NC(=O)[C@H](CC(N)=O)NC(=O)[C@@H](NC(=O)[C@H](CS)NC(=O)[C@H](CC(N)=O)NC(=O)[C@@H](NC(=O)[C@H](CC(N)=O)NC(=O)[C@@H](NC(=O)[C@H](CO)NC(=O)[C@H](CS)NC(=O)[C@H](CC(N)=O)NC(=O)[C@H](CC(C)C)NC(=O)[C@@H](NC(=O)[C@H](CCC(N)=O)NC(=O)[C@@H](N)Cc1ccc(O)cc1)[C@@H](C)O)C(C)C)C(C)C)C(C)C)C(=O)N[C@@H](CCCNC(=N)N)C(=O)O.